The molecule has 1 aromatic heterocycles. The highest BCUT2D eigenvalue weighted by molar-refractivity contribution is 5.95. The Morgan fingerprint density at radius 1 is 1.00 bits per heavy atom. The first-order valence-electron chi connectivity index (χ1n) is 7.75. The number of aryl methyl sites for hydroxylation is 1. The number of carbonyl (C=O) groups excluding carboxylic acids is 1. The summed E-state index contributed by atoms with van der Waals surface area (Å²) in [7, 11) is 0. The van der Waals surface area contributed by atoms with E-state index in [0.717, 1.165) is 16.8 Å². The average molecular weight is 320 g/mol. The van der Waals surface area contributed by atoms with Gasteiger partial charge >= 0.3 is 11.7 Å². The summed E-state index contributed by atoms with van der Waals surface area (Å²) in [6, 6.07) is 17.0. The Morgan fingerprint density at radius 2 is 1.71 bits per heavy atom. The Kier molecular flexibility index (Phi) is 3.30. The summed E-state index contributed by atoms with van der Waals surface area (Å²) in [5, 5.41) is 0. The van der Waals surface area contributed by atoms with Crippen molar-refractivity contribution >= 4 is 11.7 Å². The molecule has 4 rings (SSSR count). The number of hydrogen-bond donors (Lipinski definition) is 0. The molecule has 0 unspecified atom stereocenters. The number of aromatic nitrogens is 3. The van der Waals surface area contributed by atoms with Crippen LogP contribution in [0, 0.1) is 6.92 Å². The molecular formula is C18H16N4O2. The first-order valence-corrected chi connectivity index (χ1v) is 7.75. The van der Waals surface area contributed by atoms with E-state index in [0.29, 0.717) is 18.9 Å². The maximum absolute atomic E-state index is 12.8. The first-order chi connectivity index (χ1) is 11.6. The number of rotatable bonds is 3. The summed E-state index contributed by atoms with van der Waals surface area (Å²) in [4.78, 5) is 30.7. The van der Waals surface area contributed by atoms with Gasteiger partial charge in [-0.1, -0.05) is 42.5 Å². The molecule has 6 nitrogen and oxygen atoms in total. The van der Waals surface area contributed by atoms with Crippen LogP contribution in [-0.2, 0) is 13.1 Å². The molecule has 1 amide bonds. The van der Waals surface area contributed by atoms with E-state index in [2.05, 4.69) is 4.98 Å². The van der Waals surface area contributed by atoms with Crippen LogP contribution >= 0.6 is 0 Å². The molecule has 2 heterocycles. The molecule has 0 atom stereocenters. The van der Waals surface area contributed by atoms with Crippen molar-refractivity contribution in [2.75, 3.05) is 4.90 Å². The van der Waals surface area contributed by atoms with Crippen LogP contribution < -0.4 is 10.6 Å². The highest BCUT2D eigenvalue weighted by Gasteiger charge is 2.33. The minimum Gasteiger partial charge on any atom is -0.285 e. The lowest BCUT2D eigenvalue weighted by Crippen LogP contribution is -2.34. The van der Waals surface area contributed by atoms with E-state index >= 15 is 0 Å². The van der Waals surface area contributed by atoms with Gasteiger partial charge in [0.1, 0.15) is 0 Å². The van der Waals surface area contributed by atoms with Gasteiger partial charge in [0.25, 0.3) is 0 Å². The van der Waals surface area contributed by atoms with Gasteiger partial charge in [-0.05, 0) is 30.2 Å². The number of fused-ring (bicyclic) bond motifs is 1. The van der Waals surface area contributed by atoms with Gasteiger partial charge in [-0.25, -0.2) is 14.3 Å². The lowest BCUT2D eigenvalue weighted by atomic mass is 10.1. The average Bonchev–Trinajstić information content (AvgIpc) is 3.07. The molecular weight excluding hydrogens is 304 g/mol. The molecule has 120 valence electrons. The molecule has 0 radical (unpaired) electrons. The summed E-state index contributed by atoms with van der Waals surface area (Å²) in [5.41, 5.74) is 2.47. The Balaban J connectivity index is 1.73. The van der Waals surface area contributed by atoms with Gasteiger partial charge in [0.2, 0.25) is 0 Å². The van der Waals surface area contributed by atoms with Gasteiger partial charge in [-0.3, -0.25) is 4.90 Å². The van der Waals surface area contributed by atoms with Crippen LogP contribution in [0.1, 0.15) is 17.0 Å². The Bertz CT molecular complexity index is 972. The molecule has 0 saturated carbocycles. The molecule has 0 spiro atoms. The Hall–Kier alpha value is -3.15. The van der Waals surface area contributed by atoms with Crippen molar-refractivity contribution in [3.8, 4) is 0 Å². The van der Waals surface area contributed by atoms with E-state index in [1.807, 2.05) is 61.5 Å². The number of amides is 1. The van der Waals surface area contributed by atoms with Crippen LogP contribution in [0.3, 0.4) is 0 Å². The van der Waals surface area contributed by atoms with E-state index in [9.17, 15) is 9.59 Å². The van der Waals surface area contributed by atoms with E-state index in [1.54, 1.807) is 4.90 Å². The van der Waals surface area contributed by atoms with Crippen LogP contribution in [0.15, 0.2) is 59.4 Å². The second-order valence-corrected chi connectivity index (χ2v) is 5.81. The highest BCUT2D eigenvalue weighted by atomic mass is 16.2. The molecule has 0 fully saturated rings. The number of anilines is 1. The van der Waals surface area contributed by atoms with Crippen molar-refractivity contribution in [1.29, 1.82) is 0 Å². The smallest absolute Gasteiger partial charge is 0.285 e. The van der Waals surface area contributed by atoms with Gasteiger partial charge in [0, 0.05) is 5.69 Å². The third kappa shape index (κ3) is 2.23. The molecule has 6 heteroatoms. The Morgan fingerprint density at radius 3 is 2.46 bits per heavy atom. The zero-order valence-corrected chi connectivity index (χ0v) is 13.2. The van der Waals surface area contributed by atoms with Crippen molar-refractivity contribution in [3.05, 3.63) is 82.0 Å². The molecule has 2 aromatic carbocycles. The Labute approximate surface area is 138 Å². The van der Waals surface area contributed by atoms with Crippen molar-refractivity contribution in [1.82, 2.24) is 14.3 Å². The number of benzene rings is 2. The van der Waals surface area contributed by atoms with Crippen molar-refractivity contribution < 1.29 is 4.79 Å². The standard InChI is InChI=1S/C18H16N4O2/c1-13-7-5-6-8-14(13)11-21-17(23)19-16-12-20(18(24)22(16)21)15-9-3-2-4-10-15/h2-10H,11-12H2,1H3. The SMILES string of the molecule is Cc1ccccc1Cn1c(=O)nc2n1C(=O)N(c1ccccc1)C2. The lowest BCUT2D eigenvalue weighted by molar-refractivity contribution is 0.244. The maximum atomic E-state index is 12.8. The van der Waals surface area contributed by atoms with Crippen molar-refractivity contribution in [3.63, 3.8) is 0 Å². The normalized spacial score (nSPS) is 13.4. The van der Waals surface area contributed by atoms with Crippen LogP contribution in [0.2, 0.25) is 0 Å². The van der Waals surface area contributed by atoms with Gasteiger partial charge < -0.3 is 0 Å². The van der Waals surface area contributed by atoms with Crippen LogP contribution in [0.4, 0.5) is 10.5 Å². The van der Waals surface area contributed by atoms with Crippen molar-refractivity contribution in [2.24, 2.45) is 0 Å². The molecule has 1 aliphatic rings. The number of nitrogens with zero attached hydrogens (tertiary/aromatic N) is 4. The minimum absolute atomic E-state index is 0.251. The molecule has 0 bridgehead atoms. The topological polar surface area (TPSA) is 60.1 Å². The zero-order chi connectivity index (χ0) is 16.7. The highest BCUT2D eigenvalue weighted by Crippen LogP contribution is 2.22. The van der Waals surface area contributed by atoms with Gasteiger partial charge in [0.05, 0.1) is 13.1 Å². The van der Waals surface area contributed by atoms with Crippen LogP contribution in [0.25, 0.3) is 0 Å². The lowest BCUT2D eigenvalue weighted by Gasteiger charge is -2.16. The second kappa shape index (κ2) is 5.49. The third-order valence-electron chi connectivity index (χ3n) is 4.29. The minimum atomic E-state index is -0.394. The van der Waals surface area contributed by atoms with E-state index in [4.69, 9.17) is 0 Å². The van der Waals surface area contributed by atoms with E-state index in [1.165, 1.54) is 9.36 Å². The molecule has 3 aromatic rings. The number of para-hydroxylation sites is 1. The summed E-state index contributed by atoms with van der Waals surface area (Å²) >= 11 is 0. The van der Waals surface area contributed by atoms with Crippen molar-refractivity contribution in [2.45, 2.75) is 20.0 Å². The number of hydrogen-bond acceptors (Lipinski definition) is 3. The zero-order valence-electron chi connectivity index (χ0n) is 13.2. The van der Waals surface area contributed by atoms with E-state index in [-0.39, 0.29) is 6.03 Å². The fourth-order valence-electron chi connectivity index (χ4n) is 2.98. The van der Waals surface area contributed by atoms with Gasteiger partial charge in [0.15, 0.2) is 5.82 Å². The third-order valence-corrected chi connectivity index (χ3v) is 4.29. The molecule has 0 N–H and O–H groups in total. The molecule has 0 saturated heterocycles. The first kappa shape index (κ1) is 14.4. The largest absolute Gasteiger partial charge is 0.364 e. The molecule has 1 aliphatic heterocycles. The second-order valence-electron chi connectivity index (χ2n) is 5.81. The van der Waals surface area contributed by atoms with Gasteiger partial charge in [-0.2, -0.15) is 9.67 Å². The van der Waals surface area contributed by atoms with Crippen LogP contribution in [-0.4, -0.2) is 20.4 Å². The molecule has 0 aliphatic carbocycles. The quantitative estimate of drug-likeness (QED) is 0.744. The van der Waals surface area contributed by atoms with Gasteiger partial charge in [-0.15, -0.1) is 0 Å². The summed E-state index contributed by atoms with van der Waals surface area (Å²) in [6.45, 7) is 2.62. The number of carbonyl (C=O) groups is 1. The van der Waals surface area contributed by atoms with Crippen LogP contribution in [0.5, 0.6) is 0 Å². The monoisotopic (exact) mass is 320 g/mol. The fraction of sp³-hybridized carbons (Fsp3) is 0.167. The molecule has 24 heavy (non-hydrogen) atoms. The predicted molar refractivity (Wildman–Crippen MR) is 90.2 cm³/mol. The summed E-state index contributed by atoms with van der Waals surface area (Å²) in [5.74, 6) is 0.474. The summed E-state index contributed by atoms with van der Waals surface area (Å²) in [6.07, 6.45) is 0. The fourth-order valence-corrected chi connectivity index (χ4v) is 2.98. The maximum Gasteiger partial charge on any atom is 0.364 e. The van der Waals surface area contributed by atoms with E-state index < -0.39 is 5.69 Å². The predicted octanol–water partition coefficient (Wildman–Crippen LogP) is 2.39. The summed E-state index contributed by atoms with van der Waals surface area (Å²) < 4.78 is 2.80.